The van der Waals surface area contributed by atoms with Gasteiger partial charge in [0.25, 0.3) is 0 Å². The third kappa shape index (κ3) is 3.30. The minimum atomic E-state index is 0.244. The molecule has 0 bridgehead atoms. The highest BCUT2D eigenvalue weighted by molar-refractivity contribution is 8.00. The standard InChI is InChI=1S/C15H19N3O2S2/c1-4-19-12-6-10-5-9(2)20-13(10)7-11(12)8-21-15-18-17-14(16-3)22-15/h6-7,9H,4-5,8H2,1-3H3,(H,16,17). The number of anilines is 1. The second kappa shape index (κ2) is 6.75. The molecule has 0 amide bonds. The minimum Gasteiger partial charge on any atom is -0.494 e. The Kier molecular flexibility index (Phi) is 4.73. The largest absolute Gasteiger partial charge is 0.494 e. The maximum absolute atomic E-state index is 5.85. The highest BCUT2D eigenvalue weighted by atomic mass is 32.2. The van der Waals surface area contributed by atoms with Crippen molar-refractivity contribution in [2.45, 2.75) is 36.5 Å². The first-order valence-corrected chi connectivity index (χ1v) is 9.09. The first-order valence-electron chi connectivity index (χ1n) is 7.29. The van der Waals surface area contributed by atoms with E-state index in [1.807, 2.05) is 14.0 Å². The average Bonchev–Trinajstić information content (AvgIpc) is 3.10. The molecular weight excluding hydrogens is 318 g/mol. The Bertz CT molecular complexity index is 660. The molecule has 1 atom stereocenters. The van der Waals surface area contributed by atoms with Crippen LogP contribution in [0, 0.1) is 0 Å². The lowest BCUT2D eigenvalue weighted by Crippen LogP contribution is -2.05. The Morgan fingerprint density at radius 3 is 3.05 bits per heavy atom. The quantitative estimate of drug-likeness (QED) is 0.813. The van der Waals surface area contributed by atoms with Crippen molar-refractivity contribution >= 4 is 28.2 Å². The van der Waals surface area contributed by atoms with Crippen molar-refractivity contribution in [3.8, 4) is 11.5 Å². The van der Waals surface area contributed by atoms with E-state index in [0.717, 1.165) is 38.7 Å². The fourth-order valence-electron chi connectivity index (χ4n) is 2.39. The fourth-order valence-corrected chi connectivity index (χ4v) is 4.08. The van der Waals surface area contributed by atoms with Crippen LogP contribution in [0.5, 0.6) is 11.5 Å². The number of hydrogen-bond acceptors (Lipinski definition) is 7. The van der Waals surface area contributed by atoms with E-state index in [2.05, 4.69) is 34.6 Å². The molecule has 22 heavy (non-hydrogen) atoms. The number of nitrogens with one attached hydrogen (secondary N) is 1. The van der Waals surface area contributed by atoms with Crippen LogP contribution in [0.4, 0.5) is 5.13 Å². The molecular formula is C15H19N3O2S2. The van der Waals surface area contributed by atoms with Gasteiger partial charge in [0, 0.05) is 30.3 Å². The first kappa shape index (κ1) is 15.4. The molecule has 0 radical (unpaired) electrons. The number of rotatable bonds is 6. The molecule has 1 aliphatic heterocycles. The van der Waals surface area contributed by atoms with Gasteiger partial charge in [-0.2, -0.15) is 0 Å². The molecule has 118 valence electrons. The van der Waals surface area contributed by atoms with Gasteiger partial charge in [0.05, 0.1) is 6.61 Å². The number of benzene rings is 1. The molecule has 1 N–H and O–H groups in total. The SMILES string of the molecule is CCOc1cc2c(cc1CSc1nnc(NC)s1)OC(C)C2. The Morgan fingerprint density at radius 1 is 1.45 bits per heavy atom. The number of nitrogens with zero attached hydrogens (tertiary/aromatic N) is 2. The molecule has 0 saturated carbocycles. The summed E-state index contributed by atoms with van der Waals surface area (Å²) in [5, 5.41) is 12.0. The van der Waals surface area contributed by atoms with Crippen molar-refractivity contribution in [3.63, 3.8) is 0 Å². The third-order valence-corrected chi connectivity index (χ3v) is 5.47. The van der Waals surface area contributed by atoms with E-state index in [1.54, 1.807) is 23.1 Å². The van der Waals surface area contributed by atoms with E-state index in [4.69, 9.17) is 9.47 Å². The van der Waals surface area contributed by atoms with Gasteiger partial charge in [0.15, 0.2) is 4.34 Å². The number of ether oxygens (including phenoxy) is 2. The summed E-state index contributed by atoms with van der Waals surface area (Å²) in [4.78, 5) is 0. The Labute approximate surface area is 138 Å². The van der Waals surface area contributed by atoms with Gasteiger partial charge >= 0.3 is 0 Å². The first-order chi connectivity index (χ1) is 10.7. The predicted octanol–water partition coefficient (Wildman–Crippen LogP) is 3.59. The van der Waals surface area contributed by atoms with Gasteiger partial charge in [-0.25, -0.2) is 0 Å². The van der Waals surface area contributed by atoms with E-state index >= 15 is 0 Å². The normalized spacial score (nSPS) is 16.2. The third-order valence-electron chi connectivity index (χ3n) is 3.35. The smallest absolute Gasteiger partial charge is 0.206 e. The fraction of sp³-hybridized carbons (Fsp3) is 0.467. The molecule has 0 aliphatic carbocycles. The molecule has 1 unspecified atom stereocenters. The summed E-state index contributed by atoms with van der Waals surface area (Å²) in [5.41, 5.74) is 2.37. The van der Waals surface area contributed by atoms with Gasteiger partial charge in [-0.05, 0) is 26.0 Å². The van der Waals surface area contributed by atoms with Crippen molar-refractivity contribution in [2.24, 2.45) is 0 Å². The summed E-state index contributed by atoms with van der Waals surface area (Å²) in [7, 11) is 1.85. The van der Waals surface area contributed by atoms with Crippen LogP contribution in [-0.4, -0.2) is 30.0 Å². The number of thioether (sulfide) groups is 1. The molecule has 2 heterocycles. The molecule has 1 aromatic carbocycles. The van der Waals surface area contributed by atoms with Gasteiger partial charge in [0.2, 0.25) is 5.13 Å². The molecule has 3 rings (SSSR count). The van der Waals surface area contributed by atoms with Crippen molar-refractivity contribution in [2.75, 3.05) is 19.0 Å². The predicted molar refractivity (Wildman–Crippen MR) is 90.4 cm³/mol. The highest BCUT2D eigenvalue weighted by Gasteiger charge is 2.22. The van der Waals surface area contributed by atoms with E-state index in [1.165, 1.54) is 5.56 Å². The van der Waals surface area contributed by atoms with Crippen molar-refractivity contribution < 1.29 is 9.47 Å². The summed E-state index contributed by atoms with van der Waals surface area (Å²) in [6.45, 7) is 4.76. The van der Waals surface area contributed by atoms with Gasteiger partial charge in [-0.3, -0.25) is 0 Å². The van der Waals surface area contributed by atoms with Crippen LogP contribution in [0.1, 0.15) is 25.0 Å². The van der Waals surface area contributed by atoms with E-state index < -0.39 is 0 Å². The molecule has 2 aromatic rings. The Morgan fingerprint density at radius 2 is 2.32 bits per heavy atom. The minimum absolute atomic E-state index is 0.244. The van der Waals surface area contributed by atoms with Crippen LogP contribution in [0.2, 0.25) is 0 Å². The second-order valence-corrected chi connectivity index (χ2v) is 7.25. The van der Waals surface area contributed by atoms with Gasteiger partial charge in [-0.15, -0.1) is 10.2 Å². The molecule has 5 nitrogen and oxygen atoms in total. The number of fused-ring (bicyclic) bond motifs is 1. The van der Waals surface area contributed by atoms with Crippen molar-refractivity contribution in [3.05, 3.63) is 23.3 Å². The molecule has 0 spiro atoms. The second-order valence-electron chi connectivity index (χ2n) is 5.05. The Hall–Kier alpha value is -1.47. The summed E-state index contributed by atoms with van der Waals surface area (Å²) in [6, 6.07) is 4.23. The van der Waals surface area contributed by atoms with Crippen molar-refractivity contribution in [1.82, 2.24) is 10.2 Å². The zero-order valence-electron chi connectivity index (χ0n) is 12.9. The van der Waals surface area contributed by atoms with Gasteiger partial charge < -0.3 is 14.8 Å². The van der Waals surface area contributed by atoms with E-state index in [0.29, 0.717) is 6.61 Å². The van der Waals surface area contributed by atoms with Crippen LogP contribution in [0.15, 0.2) is 16.5 Å². The zero-order chi connectivity index (χ0) is 15.5. The summed E-state index contributed by atoms with van der Waals surface area (Å²) in [6.07, 6.45) is 1.19. The van der Waals surface area contributed by atoms with Crippen LogP contribution in [0.25, 0.3) is 0 Å². The summed E-state index contributed by atoms with van der Waals surface area (Å²) >= 11 is 3.22. The van der Waals surface area contributed by atoms with Crippen LogP contribution < -0.4 is 14.8 Å². The Balaban J connectivity index is 1.78. The number of hydrogen-bond donors (Lipinski definition) is 1. The molecule has 1 aromatic heterocycles. The topological polar surface area (TPSA) is 56.3 Å². The molecule has 0 fully saturated rings. The number of aromatic nitrogens is 2. The molecule has 0 saturated heterocycles. The lowest BCUT2D eigenvalue weighted by molar-refractivity contribution is 0.254. The van der Waals surface area contributed by atoms with Crippen LogP contribution in [0.3, 0.4) is 0 Å². The summed E-state index contributed by atoms with van der Waals surface area (Å²) < 4.78 is 12.6. The van der Waals surface area contributed by atoms with E-state index in [9.17, 15) is 0 Å². The molecule has 7 heteroatoms. The highest BCUT2D eigenvalue weighted by Crippen LogP contribution is 2.38. The van der Waals surface area contributed by atoms with Gasteiger partial charge in [-0.1, -0.05) is 23.1 Å². The maximum atomic E-state index is 5.85. The zero-order valence-corrected chi connectivity index (χ0v) is 14.5. The maximum Gasteiger partial charge on any atom is 0.206 e. The lowest BCUT2D eigenvalue weighted by Gasteiger charge is -2.11. The van der Waals surface area contributed by atoms with E-state index in [-0.39, 0.29) is 6.10 Å². The lowest BCUT2D eigenvalue weighted by atomic mass is 10.1. The average molecular weight is 337 g/mol. The molecule has 1 aliphatic rings. The monoisotopic (exact) mass is 337 g/mol. The van der Waals surface area contributed by atoms with Gasteiger partial charge in [0.1, 0.15) is 17.6 Å². The summed E-state index contributed by atoms with van der Waals surface area (Å²) in [5.74, 6) is 2.73. The van der Waals surface area contributed by atoms with Crippen molar-refractivity contribution in [1.29, 1.82) is 0 Å². The van der Waals surface area contributed by atoms with Crippen LogP contribution >= 0.6 is 23.1 Å². The van der Waals surface area contributed by atoms with Crippen LogP contribution in [-0.2, 0) is 12.2 Å².